The molecule has 0 saturated carbocycles. The topological polar surface area (TPSA) is 17.1 Å². The standard InChI is InChI=1S/C21H24O/c22-21-15-7-13-18-11-5-4-10-17(18)12-6-14-20(16-21)19-8-2-1-3-9-19/h1-5,8-11,20H,6-7,12-16H2. The molecule has 2 aromatic carbocycles. The van der Waals surface area contributed by atoms with Crippen LogP contribution in [0.3, 0.4) is 0 Å². The van der Waals surface area contributed by atoms with Crippen molar-refractivity contribution >= 4 is 5.78 Å². The van der Waals surface area contributed by atoms with Gasteiger partial charge in [-0.25, -0.2) is 0 Å². The minimum Gasteiger partial charge on any atom is -0.300 e. The molecule has 0 amide bonds. The lowest BCUT2D eigenvalue weighted by atomic mass is 9.88. The maximum absolute atomic E-state index is 12.3. The Morgan fingerprint density at radius 3 is 2.09 bits per heavy atom. The van der Waals surface area contributed by atoms with Crippen molar-refractivity contribution in [2.75, 3.05) is 0 Å². The van der Waals surface area contributed by atoms with Gasteiger partial charge in [-0.15, -0.1) is 0 Å². The number of Topliss-reactive ketones (excluding diaryl/α,β-unsaturated/α-hetero) is 1. The van der Waals surface area contributed by atoms with E-state index in [9.17, 15) is 4.79 Å². The molecule has 1 heteroatoms. The molecule has 3 rings (SSSR count). The maximum Gasteiger partial charge on any atom is 0.133 e. The lowest BCUT2D eigenvalue weighted by molar-refractivity contribution is -0.119. The average Bonchev–Trinajstić information content (AvgIpc) is 2.59. The summed E-state index contributed by atoms with van der Waals surface area (Å²) < 4.78 is 0. The van der Waals surface area contributed by atoms with E-state index in [1.54, 1.807) is 0 Å². The number of carbonyl (C=O) groups excluding carboxylic acids is 1. The van der Waals surface area contributed by atoms with Crippen molar-refractivity contribution < 1.29 is 4.79 Å². The monoisotopic (exact) mass is 292 g/mol. The first-order valence-electron chi connectivity index (χ1n) is 8.46. The van der Waals surface area contributed by atoms with Crippen molar-refractivity contribution in [1.29, 1.82) is 0 Å². The number of aryl methyl sites for hydroxylation is 2. The summed E-state index contributed by atoms with van der Waals surface area (Å²) in [7, 11) is 0. The Kier molecular flexibility index (Phi) is 5.05. The van der Waals surface area contributed by atoms with E-state index in [1.165, 1.54) is 16.7 Å². The molecule has 1 atom stereocenters. The zero-order valence-corrected chi connectivity index (χ0v) is 13.1. The molecule has 0 N–H and O–H groups in total. The zero-order chi connectivity index (χ0) is 15.2. The predicted molar refractivity (Wildman–Crippen MR) is 91.1 cm³/mol. The van der Waals surface area contributed by atoms with E-state index in [0.29, 0.717) is 18.1 Å². The summed E-state index contributed by atoms with van der Waals surface area (Å²) in [6.07, 6.45) is 6.84. The van der Waals surface area contributed by atoms with Crippen molar-refractivity contribution in [3.63, 3.8) is 0 Å². The molecule has 0 bridgehead atoms. The Morgan fingerprint density at radius 2 is 1.36 bits per heavy atom. The van der Waals surface area contributed by atoms with Crippen LogP contribution < -0.4 is 0 Å². The van der Waals surface area contributed by atoms with Crippen molar-refractivity contribution in [3.8, 4) is 0 Å². The van der Waals surface area contributed by atoms with Gasteiger partial charge in [0.05, 0.1) is 0 Å². The van der Waals surface area contributed by atoms with Crippen LogP contribution in [0.25, 0.3) is 0 Å². The molecule has 1 aliphatic carbocycles. The lowest BCUT2D eigenvalue weighted by Crippen LogP contribution is -2.07. The molecule has 0 saturated heterocycles. The van der Waals surface area contributed by atoms with Crippen LogP contribution in [0.2, 0.25) is 0 Å². The third kappa shape index (κ3) is 3.85. The van der Waals surface area contributed by atoms with Crippen LogP contribution in [0.4, 0.5) is 0 Å². The highest BCUT2D eigenvalue weighted by Gasteiger charge is 2.17. The molecule has 114 valence electrons. The highest BCUT2D eigenvalue weighted by atomic mass is 16.1. The Labute approximate surface area is 133 Å². The van der Waals surface area contributed by atoms with Gasteiger partial charge >= 0.3 is 0 Å². The van der Waals surface area contributed by atoms with Gasteiger partial charge in [-0.2, -0.15) is 0 Å². The first-order valence-corrected chi connectivity index (χ1v) is 8.46. The van der Waals surface area contributed by atoms with Crippen LogP contribution in [0.15, 0.2) is 54.6 Å². The lowest BCUT2D eigenvalue weighted by Gasteiger charge is -2.16. The van der Waals surface area contributed by atoms with E-state index < -0.39 is 0 Å². The number of fused-ring (bicyclic) bond motifs is 1. The summed E-state index contributed by atoms with van der Waals surface area (Å²) in [6.45, 7) is 0. The zero-order valence-electron chi connectivity index (χ0n) is 13.1. The number of carbonyl (C=O) groups is 1. The van der Waals surface area contributed by atoms with Crippen LogP contribution in [0.1, 0.15) is 54.7 Å². The van der Waals surface area contributed by atoms with Gasteiger partial charge < -0.3 is 0 Å². The Hall–Kier alpha value is -1.89. The second kappa shape index (κ2) is 7.40. The summed E-state index contributed by atoms with van der Waals surface area (Å²) >= 11 is 0. The van der Waals surface area contributed by atoms with E-state index >= 15 is 0 Å². The first kappa shape index (κ1) is 15.0. The van der Waals surface area contributed by atoms with E-state index in [0.717, 1.165) is 38.5 Å². The van der Waals surface area contributed by atoms with E-state index in [4.69, 9.17) is 0 Å². The fraction of sp³-hybridized carbons (Fsp3) is 0.381. The van der Waals surface area contributed by atoms with Gasteiger partial charge in [0.2, 0.25) is 0 Å². The number of hydrogen-bond donors (Lipinski definition) is 0. The fourth-order valence-corrected chi connectivity index (χ4v) is 3.55. The van der Waals surface area contributed by atoms with Crippen LogP contribution in [0, 0.1) is 0 Å². The van der Waals surface area contributed by atoms with Gasteiger partial charge in [0, 0.05) is 12.8 Å². The molecule has 0 radical (unpaired) electrons. The molecule has 0 aromatic heterocycles. The summed E-state index contributed by atoms with van der Waals surface area (Å²) in [5, 5.41) is 0. The highest BCUT2D eigenvalue weighted by Crippen LogP contribution is 2.28. The molecule has 1 nitrogen and oxygen atoms in total. The van der Waals surface area contributed by atoms with Gasteiger partial charge in [0.1, 0.15) is 5.78 Å². The Morgan fingerprint density at radius 1 is 0.727 bits per heavy atom. The van der Waals surface area contributed by atoms with Crippen molar-refractivity contribution in [3.05, 3.63) is 71.3 Å². The van der Waals surface area contributed by atoms with Gasteiger partial charge in [0.25, 0.3) is 0 Å². The number of benzene rings is 2. The van der Waals surface area contributed by atoms with Gasteiger partial charge in [-0.3, -0.25) is 4.79 Å². The largest absolute Gasteiger partial charge is 0.300 e. The minimum atomic E-state index is 0.388. The number of rotatable bonds is 1. The summed E-state index contributed by atoms with van der Waals surface area (Å²) in [6, 6.07) is 19.3. The third-order valence-electron chi connectivity index (χ3n) is 4.76. The SMILES string of the molecule is O=C1CCCc2ccccc2CCCC(c2ccccc2)C1. The quantitative estimate of drug-likeness (QED) is 0.715. The van der Waals surface area contributed by atoms with Gasteiger partial charge in [0.15, 0.2) is 0 Å². The predicted octanol–water partition coefficient (Wildman–Crippen LogP) is 5.09. The molecular weight excluding hydrogens is 268 g/mol. The average molecular weight is 292 g/mol. The molecule has 2 aromatic rings. The van der Waals surface area contributed by atoms with Crippen LogP contribution in [0.5, 0.6) is 0 Å². The van der Waals surface area contributed by atoms with Gasteiger partial charge in [-0.05, 0) is 54.7 Å². The van der Waals surface area contributed by atoms with Crippen LogP contribution >= 0.6 is 0 Å². The minimum absolute atomic E-state index is 0.388. The Bertz CT molecular complexity index is 615. The molecule has 0 heterocycles. The summed E-state index contributed by atoms with van der Waals surface area (Å²) in [5.74, 6) is 0.812. The Balaban J connectivity index is 1.78. The third-order valence-corrected chi connectivity index (χ3v) is 4.76. The number of hydrogen-bond acceptors (Lipinski definition) is 1. The second-order valence-corrected chi connectivity index (χ2v) is 6.36. The van der Waals surface area contributed by atoms with Crippen LogP contribution in [-0.2, 0) is 17.6 Å². The first-order chi connectivity index (χ1) is 10.8. The summed E-state index contributed by atoms with van der Waals surface area (Å²) in [4.78, 5) is 12.3. The molecule has 0 aliphatic heterocycles. The molecule has 0 fully saturated rings. The summed E-state index contributed by atoms with van der Waals surface area (Å²) in [5.41, 5.74) is 4.24. The van der Waals surface area contributed by atoms with E-state index in [2.05, 4.69) is 48.5 Å². The number of ketones is 1. The molecule has 22 heavy (non-hydrogen) atoms. The molecule has 0 spiro atoms. The van der Waals surface area contributed by atoms with Gasteiger partial charge in [-0.1, -0.05) is 54.6 Å². The van der Waals surface area contributed by atoms with Crippen LogP contribution in [-0.4, -0.2) is 5.78 Å². The fourth-order valence-electron chi connectivity index (χ4n) is 3.55. The highest BCUT2D eigenvalue weighted by molar-refractivity contribution is 5.79. The molecule has 1 unspecified atom stereocenters. The molecular formula is C21H24O. The van der Waals surface area contributed by atoms with Crippen molar-refractivity contribution in [1.82, 2.24) is 0 Å². The normalized spacial score (nSPS) is 20.0. The van der Waals surface area contributed by atoms with Crippen molar-refractivity contribution in [2.24, 2.45) is 0 Å². The van der Waals surface area contributed by atoms with E-state index in [1.807, 2.05) is 6.07 Å². The van der Waals surface area contributed by atoms with Crippen molar-refractivity contribution in [2.45, 2.75) is 50.9 Å². The smallest absolute Gasteiger partial charge is 0.133 e. The maximum atomic E-state index is 12.3. The second-order valence-electron chi connectivity index (χ2n) is 6.36. The molecule has 1 aliphatic rings. The van der Waals surface area contributed by atoms with E-state index in [-0.39, 0.29) is 0 Å².